The van der Waals surface area contributed by atoms with Crippen molar-refractivity contribution < 1.29 is 26.3 Å². The molecule has 0 amide bonds. The van der Waals surface area contributed by atoms with Crippen molar-refractivity contribution in [1.82, 2.24) is 4.98 Å². The summed E-state index contributed by atoms with van der Waals surface area (Å²) in [5.74, 6) is -4.86. The highest BCUT2D eigenvalue weighted by atomic mass is 19.4. The molecular weight excluding hydrogens is 284 g/mol. The van der Waals surface area contributed by atoms with E-state index in [4.69, 9.17) is 0 Å². The first-order valence-corrected chi connectivity index (χ1v) is 5.39. The van der Waals surface area contributed by atoms with Crippen LogP contribution < -0.4 is 0 Å². The minimum atomic E-state index is -4.72. The second-order valence-electron chi connectivity index (χ2n) is 4.12. The van der Waals surface area contributed by atoms with Crippen LogP contribution in [0.5, 0.6) is 0 Å². The number of halogens is 6. The first kappa shape index (κ1) is 14.4. The largest absolute Gasteiger partial charge is 0.417 e. The van der Waals surface area contributed by atoms with Crippen molar-refractivity contribution in [3.05, 3.63) is 53.1 Å². The van der Waals surface area contributed by atoms with E-state index in [1.807, 2.05) is 0 Å². The van der Waals surface area contributed by atoms with Crippen LogP contribution in [0.3, 0.4) is 0 Å². The summed E-state index contributed by atoms with van der Waals surface area (Å²) in [4.78, 5) is 3.67. The number of hydrogen-bond donors (Lipinski definition) is 0. The fourth-order valence-electron chi connectivity index (χ4n) is 1.74. The molecule has 0 atom stereocenters. The number of aryl methyl sites for hydroxylation is 1. The molecule has 106 valence electrons. The van der Waals surface area contributed by atoms with E-state index in [9.17, 15) is 26.3 Å². The Kier molecular flexibility index (Phi) is 3.45. The molecule has 7 heteroatoms. The number of alkyl halides is 3. The van der Waals surface area contributed by atoms with E-state index in [-0.39, 0.29) is 5.69 Å². The lowest BCUT2D eigenvalue weighted by molar-refractivity contribution is -0.137. The molecule has 0 spiro atoms. The third-order valence-corrected chi connectivity index (χ3v) is 2.64. The van der Waals surface area contributed by atoms with Gasteiger partial charge in [0.25, 0.3) is 0 Å². The Morgan fingerprint density at radius 2 is 1.50 bits per heavy atom. The van der Waals surface area contributed by atoms with E-state index < -0.39 is 40.3 Å². The van der Waals surface area contributed by atoms with Gasteiger partial charge in [-0.3, -0.25) is 4.98 Å². The molecule has 2 rings (SSSR count). The molecular formula is C13H7F6N. The van der Waals surface area contributed by atoms with Gasteiger partial charge in [-0.2, -0.15) is 13.2 Å². The van der Waals surface area contributed by atoms with Crippen molar-refractivity contribution in [2.24, 2.45) is 0 Å². The average molecular weight is 291 g/mol. The minimum absolute atomic E-state index is 0.101. The molecule has 1 nitrogen and oxygen atoms in total. The van der Waals surface area contributed by atoms with Gasteiger partial charge in [0.1, 0.15) is 0 Å². The number of aromatic nitrogens is 1. The maximum Gasteiger partial charge on any atom is 0.417 e. The molecule has 0 N–H and O–H groups in total. The van der Waals surface area contributed by atoms with Crippen molar-refractivity contribution in [2.75, 3.05) is 0 Å². The number of pyridine rings is 1. The number of rotatable bonds is 1. The smallest absolute Gasteiger partial charge is 0.261 e. The lowest BCUT2D eigenvalue weighted by Crippen LogP contribution is -2.09. The lowest BCUT2D eigenvalue weighted by atomic mass is 10.0. The van der Waals surface area contributed by atoms with Crippen LogP contribution in [0.15, 0.2) is 24.4 Å². The van der Waals surface area contributed by atoms with Crippen LogP contribution in [0.4, 0.5) is 26.3 Å². The van der Waals surface area contributed by atoms with E-state index in [2.05, 4.69) is 4.98 Å². The standard InChI is InChI=1S/C13H7F6N/c1-6-2-9(13(17,18)19)8(5-20-6)7-3-10(14)12(16)11(15)4-7/h2-5H,1H3. The summed E-state index contributed by atoms with van der Waals surface area (Å²) in [6.45, 7) is 1.35. The molecule has 0 aliphatic carbocycles. The van der Waals surface area contributed by atoms with Crippen LogP contribution in [0.2, 0.25) is 0 Å². The van der Waals surface area contributed by atoms with Crippen LogP contribution in [0.1, 0.15) is 11.3 Å². The summed E-state index contributed by atoms with van der Waals surface area (Å²) in [6.07, 6.45) is -3.87. The Hall–Kier alpha value is -2.05. The van der Waals surface area contributed by atoms with Crippen molar-refractivity contribution in [3.63, 3.8) is 0 Å². The molecule has 0 fully saturated rings. The fourth-order valence-corrected chi connectivity index (χ4v) is 1.74. The van der Waals surface area contributed by atoms with Crippen molar-refractivity contribution >= 4 is 0 Å². The van der Waals surface area contributed by atoms with Gasteiger partial charge in [-0.15, -0.1) is 0 Å². The third-order valence-electron chi connectivity index (χ3n) is 2.64. The predicted octanol–water partition coefficient (Wildman–Crippen LogP) is 4.49. The Morgan fingerprint density at radius 3 is 2.00 bits per heavy atom. The molecule has 0 radical (unpaired) electrons. The Bertz CT molecular complexity index is 639. The zero-order chi connectivity index (χ0) is 15.1. The molecule has 0 unspecified atom stereocenters. The van der Waals surface area contributed by atoms with E-state index in [1.54, 1.807) is 0 Å². The highest BCUT2D eigenvalue weighted by Crippen LogP contribution is 2.37. The monoisotopic (exact) mass is 291 g/mol. The van der Waals surface area contributed by atoms with Crippen LogP contribution in [-0.2, 0) is 6.18 Å². The van der Waals surface area contributed by atoms with Crippen molar-refractivity contribution in [2.45, 2.75) is 13.1 Å². The van der Waals surface area contributed by atoms with Gasteiger partial charge < -0.3 is 0 Å². The van der Waals surface area contributed by atoms with Crippen LogP contribution in [0, 0.1) is 24.4 Å². The van der Waals surface area contributed by atoms with Crippen LogP contribution in [0.25, 0.3) is 11.1 Å². The molecule has 0 saturated heterocycles. The first-order chi connectivity index (χ1) is 9.20. The number of benzene rings is 1. The first-order valence-electron chi connectivity index (χ1n) is 5.39. The maximum absolute atomic E-state index is 13.1. The zero-order valence-corrected chi connectivity index (χ0v) is 10.0. The van der Waals surface area contributed by atoms with Crippen molar-refractivity contribution in [1.29, 1.82) is 0 Å². The van der Waals surface area contributed by atoms with Crippen molar-refractivity contribution in [3.8, 4) is 11.1 Å². The second kappa shape index (κ2) is 4.81. The van der Waals surface area contributed by atoms with Crippen LogP contribution >= 0.6 is 0 Å². The second-order valence-corrected chi connectivity index (χ2v) is 4.12. The van der Waals surface area contributed by atoms with E-state index in [1.165, 1.54) is 6.92 Å². The molecule has 20 heavy (non-hydrogen) atoms. The number of nitrogens with zero attached hydrogens (tertiary/aromatic N) is 1. The molecule has 0 saturated carbocycles. The van der Waals surface area contributed by atoms with Gasteiger partial charge in [0.2, 0.25) is 0 Å². The summed E-state index contributed by atoms with van der Waals surface area (Å²) in [7, 11) is 0. The molecule has 1 heterocycles. The van der Waals surface area contributed by atoms with E-state index in [0.717, 1.165) is 12.3 Å². The third kappa shape index (κ3) is 2.61. The molecule has 0 aliphatic heterocycles. The van der Waals surface area contributed by atoms with Gasteiger partial charge in [0, 0.05) is 17.5 Å². The van der Waals surface area contributed by atoms with Gasteiger partial charge in [-0.1, -0.05) is 0 Å². The molecule has 1 aromatic heterocycles. The Morgan fingerprint density at radius 1 is 0.950 bits per heavy atom. The average Bonchev–Trinajstić information content (AvgIpc) is 2.34. The summed E-state index contributed by atoms with van der Waals surface area (Å²) < 4.78 is 77.8. The van der Waals surface area contributed by atoms with E-state index >= 15 is 0 Å². The molecule has 1 aromatic carbocycles. The number of hydrogen-bond acceptors (Lipinski definition) is 1. The highest BCUT2D eigenvalue weighted by molar-refractivity contribution is 5.67. The van der Waals surface area contributed by atoms with Gasteiger partial charge in [0.15, 0.2) is 17.5 Å². The topological polar surface area (TPSA) is 12.9 Å². The zero-order valence-electron chi connectivity index (χ0n) is 10.0. The summed E-state index contributed by atoms with van der Waals surface area (Å²) in [6, 6.07) is 1.76. The summed E-state index contributed by atoms with van der Waals surface area (Å²) >= 11 is 0. The molecule has 0 aliphatic rings. The predicted molar refractivity (Wildman–Crippen MR) is 59.3 cm³/mol. The van der Waals surface area contributed by atoms with Gasteiger partial charge in [-0.25, -0.2) is 13.2 Å². The van der Waals surface area contributed by atoms with Gasteiger partial charge in [0.05, 0.1) is 5.56 Å². The van der Waals surface area contributed by atoms with E-state index in [0.29, 0.717) is 12.1 Å². The SMILES string of the molecule is Cc1cc(C(F)(F)F)c(-c2cc(F)c(F)c(F)c2)cn1. The highest BCUT2D eigenvalue weighted by Gasteiger charge is 2.34. The van der Waals surface area contributed by atoms with Crippen LogP contribution in [-0.4, -0.2) is 4.98 Å². The quantitative estimate of drug-likeness (QED) is 0.557. The van der Waals surface area contributed by atoms with Gasteiger partial charge >= 0.3 is 6.18 Å². The molecule has 2 aromatic rings. The minimum Gasteiger partial charge on any atom is -0.261 e. The Labute approximate surface area is 109 Å². The summed E-state index contributed by atoms with van der Waals surface area (Å²) in [5, 5.41) is 0. The Balaban J connectivity index is 2.70. The summed E-state index contributed by atoms with van der Waals surface area (Å²) in [5.41, 5.74) is -1.93. The van der Waals surface area contributed by atoms with Gasteiger partial charge in [-0.05, 0) is 30.7 Å². The normalized spacial score (nSPS) is 11.8. The lowest BCUT2D eigenvalue weighted by Gasteiger charge is -2.13. The maximum atomic E-state index is 13.1. The fraction of sp³-hybridized carbons (Fsp3) is 0.154. The molecule has 0 bridgehead atoms.